The highest BCUT2D eigenvalue weighted by Crippen LogP contribution is 2.30. The van der Waals surface area contributed by atoms with Gasteiger partial charge in [-0.2, -0.15) is 0 Å². The number of amidine groups is 1. The molecular formula is C14H22N4O2. The molecule has 1 saturated heterocycles. The molecule has 0 unspecified atom stereocenters. The predicted octanol–water partition coefficient (Wildman–Crippen LogP) is 1.02. The van der Waals surface area contributed by atoms with Crippen LogP contribution in [0.5, 0.6) is 0 Å². The average molecular weight is 278 g/mol. The van der Waals surface area contributed by atoms with E-state index in [9.17, 15) is 9.59 Å². The second kappa shape index (κ2) is 5.07. The van der Waals surface area contributed by atoms with E-state index in [1.807, 2.05) is 11.8 Å². The van der Waals surface area contributed by atoms with E-state index in [0.29, 0.717) is 37.8 Å². The highest BCUT2D eigenvalue weighted by atomic mass is 16.2. The van der Waals surface area contributed by atoms with Gasteiger partial charge in [-0.3, -0.25) is 9.79 Å². The minimum Gasteiger partial charge on any atom is -0.335 e. The zero-order valence-corrected chi connectivity index (χ0v) is 11.9. The summed E-state index contributed by atoms with van der Waals surface area (Å²) in [6, 6.07) is 0.360. The van der Waals surface area contributed by atoms with Crippen LogP contribution in [0.2, 0.25) is 0 Å². The standard InChI is InChI=1S/C14H22N4O2/c1-10-15-12(19)14(17-10)6-8-18(9-7-14)13(20)16-11-4-2-3-5-11/h11H,2-9H2,1H3,(H,16,20)(H,15,17,19). The third-order valence-electron chi connectivity index (χ3n) is 4.66. The molecule has 2 N–H and O–H groups in total. The van der Waals surface area contributed by atoms with Crippen molar-refractivity contribution < 1.29 is 9.59 Å². The Hall–Kier alpha value is -1.59. The molecule has 1 aliphatic carbocycles. The third kappa shape index (κ3) is 2.39. The van der Waals surface area contributed by atoms with Crippen LogP contribution in [0.1, 0.15) is 45.4 Å². The quantitative estimate of drug-likeness (QED) is 0.751. The van der Waals surface area contributed by atoms with Crippen LogP contribution in [0.25, 0.3) is 0 Å². The Morgan fingerprint density at radius 2 is 2.00 bits per heavy atom. The molecule has 3 amide bonds. The summed E-state index contributed by atoms with van der Waals surface area (Å²) in [5.74, 6) is 0.685. The Kier molecular flexibility index (Phi) is 3.40. The van der Waals surface area contributed by atoms with Gasteiger partial charge in [0.2, 0.25) is 0 Å². The van der Waals surface area contributed by atoms with Gasteiger partial charge in [-0.15, -0.1) is 0 Å². The molecule has 6 heteroatoms. The Morgan fingerprint density at radius 3 is 2.55 bits per heavy atom. The minimum atomic E-state index is -0.617. The molecule has 2 aliphatic heterocycles. The molecule has 0 aromatic heterocycles. The average Bonchev–Trinajstić information content (AvgIpc) is 3.00. The highest BCUT2D eigenvalue weighted by Gasteiger charge is 2.45. The largest absolute Gasteiger partial charge is 0.335 e. The van der Waals surface area contributed by atoms with E-state index in [2.05, 4.69) is 15.6 Å². The fraction of sp³-hybridized carbons (Fsp3) is 0.786. The van der Waals surface area contributed by atoms with Crippen molar-refractivity contribution in [2.75, 3.05) is 13.1 Å². The summed E-state index contributed by atoms with van der Waals surface area (Å²) < 4.78 is 0. The molecule has 0 aromatic carbocycles. The molecule has 0 aromatic rings. The number of nitrogens with zero attached hydrogens (tertiary/aromatic N) is 2. The van der Waals surface area contributed by atoms with Gasteiger partial charge < -0.3 is 15.5 Å². The maximum atomic E-state index is 12.2. The zero-order chi connectivity index (χ0) is 14.2. The highest BCUT2D eigenvalue weighted by molar-refractivity contribution is 6.07. The Bertz CT molecular complexity index is 446. The third-order valence-corrected chi connectivity index (χ3v) is 4.66. The maximum Gasteiger partial charge on any atom is 0.317 e. The van der Waals surface area contributed by atoms with E-state index in [0.717, 1.165) is 12.8 Å². The molecule has 6 nitrogen and oxygen atoms in total. The number of carbonyl (C=O) groups is 2. The lowest BCUT2D eigenvalue weighted by atomic mass is 9.88. The first-order valence-electron chi connectivity index (χ1n) is 7.52. The lowest BCUT2D eigenvalue weighted by molar-refractivity contribution is -0.125. The second-order valence-electron chi connectivity index (χ2n) is 6.10. The maximum absolute atomic E-state index is 12.2. The Morgan fingerprint density at radius 1 is 1.35 bits per heavy atom. The van der Waals surface area contributed by atoms with Crippen LogP contribution in [-0.2, 0) is 4.79 Å². The number of carbonyl (C=O) groups excluding carboxylic acids is 2. The van der Waals surface area contributed by atoms with Crippen molar-refractivity contribution in [3.63, 3.8) is 0 Å². The molecule has 3 aliphatic rings. The summed E-state index contributed by atoms with van der Waals surface area (Å²) in [5, 5.41) is 5.87. The van der Waals surface area contributed by atoms with Crippen LogP contribution >= 0.6 is 0 Å². The van der Waals surface area contributed by atoms with Gasteiger partial charge in [0.1, 0.15) is 11.4 Å². The van der Waals surface area contributed by atoms with E-state index in [1.54, 1.807) is 0 Å². The summed E-state index contributed by atoms with van der Waals surface area (Å²) >= 11 is 0. The van der Waals surface area contributed by atoms with E-state index in [-0.39, 0.29) is 11.9 Å². The van der Waals surface area contributed by atoms with Crippen molar-refractivity contribution in [1.82, 2.24) is 15.5 Å². The number of nitrogens with one attached hydrogen (secondary N) is 2. The molecule has 0 radical (unpaired) electrons. The number of piperidine rings is 1. The number of rotatable bonds is 1. The molecule has 0 atom stereocenters. The van der Waals surface area contributed by atoms with Crippen LogP contribution < -0.4 is 10.6 Å². The molecule has 20 heavy (non-hydrogen) atoms. The van der Waals surface area contributed by atoms with Crippen molar-refractivity contribution in [2.45, 2.75) is 57.0 Å². The molecule has 2 fully saturated rings. The van der Waals surface area contributed by atoms with Crippen LogP contribution in [0.4, 0.5) is 4.79 Å². The van der Waals surface area contributed by atoms with Crippen LogP contribution in [0.3, 0.4) is 0 Å². The number of hydrogen-bond acceptors (Lipinski definition) is 3. The van der Waals surface area contributed by atoms with E-state index >= 15 is 0 Å². The normalized spacial score (nSPS) is 25.8. The fourth-order valence-corrected chi connectivity index (χ4v) is 3.44. The molecule has 1 spiro atoms. The molecule has 0 bridgehead atoms. The number of hydrogen-bond donors (Lipinski definition) is 2. The summed E-state index contributed by atoms with van der Waals surface area (Å²) in [6.07, 6.45) is 5.85. The Balaban J connectivity index is 1.55. The van der Waals surface area contributed by atoms with Crippen molar-refractivity contribution in [1.29, 1.82) is 0 Å². The summed E-state index contributed by atoms with van der Waals surface area (Å²) in [4.78, 5) is 30.4. The monoisotopic (exact) mass is 278 g/mol. The smallest absolute Gasteiger partial charge is 0.317 e. The first kappa shape index (κ1) is 13.4. The van der Waals surface area contributed by atoms with E-state index < -0.39 is 5.54 Å². The van der Waals surface area contributed by atoms with Crippen LogP contribution in [0, 0.1) is 0 Å². The molecular weight excluding hydrogens is 256 g/mol. The summed E-state index contributed by atoms with van der Waals surface area (Å²) in [6.45, 7) is 3.01. The van der Waals surface area contributed by atoms with Gasteiger partial charge in [0, 0.05) is 19.1 Å². The first-order valence-corrected chi connectivity index (χ1v) is 7.52. The molecule has 110 valence electrons. The van der Waals surface area contributed by atoms with Crippen molar-refractivity contribution >= 4 is 17.8 Å². The second-order valence-corrected chi connectivity index (χ2v) is 6.10. The molecule has 2 heterocycles. The van der Waals surface area contributed by atoms with Crippen LogP contribution in [-0.4, -0.2) is 47.3 Å². The Labute approximate surface area is 119 Å². The van der Waals surface area contributed by atoms with Gasteiger partial charge in [0.05, 0.1) is 0 Å². The molecule has 1 saturated carbocycles. The van der Waals surface area contributed by atoms with Gasteiger partial charge in [0.25, 0.3) is 5.91 Å². The number of amides is 3. The lowest BCUT2D eigenvalue weighted by Crippen LogP contribution is -2.53. The van der Waals surface area contributed by atoms with E-state index in [1.165, 1.54) is 12.8 Å². The van der Waals surface area contributed by atoms with Crippen LogP contribution in [0.15, 0.2) is 4.99 Å². The topological polar surface area (TPSA) is 73.8 Å². The first-order chi connectivity index (χ1) is 9.59. The van der Waals surface area contributed by atoms with Crippen molar-refractivity contribution in [3.8, 4) is 0 Å². The fourth-order valence-electron chi connectivity index (χ4n) is 3.44. The lowest BCUT2D eigenvalue weighted by Gasteiger charge is -2.36. The van der Waals surface area contributed by atoms with E-state index in [4.69, 9.17) is 0 Å². The predicted molar refractivity (Wildman–Crippen MR) is 75.6 cm³/mol. The number of aliphatic imine (C=N–C) groups is 1. The summed E-state index contributed by atoms with van der Waals surface area (Å²) in [5.41, 5.74) is -0.617. The van der Waals surface area contributed by atoms with Gasteiger partial charge in [-0.1, -0.05) is 12.8 Å². The van der Waals surface area contributed by atoms with Gasteiger partial charge in [-0.25, -0.2) is 4.79 Å². The molecule has 3 rings (SSSR count). The number of likely N-dealkylation sites (tertiary alicyclic amines) is 1. The van der Waals surface area contributed by atoms with Gasteiger partial charge in [0.15, 0.2) is 0 Å². The zero-order valence-electron chi connectivity index (χ0n) is 11.9. The van der Waals surface area contributed by atoms with Crippen molar-refractivity contribution in [2.24, 2.45) is 4.99 Å². The van der Waals surface area contributed by atoms with Gasteiger partial charge in [-0.05, 0) is 32.6 Å². The number of urea groups is 1. The SMILES string of the molecule is CC1=NC2(CCN(C(=O)NC3CCCC3)CC2)C(=O)N1. The summed E-state index contributed by atoms with van der Waals surface area (Å²) in [7, 11) is 0. The van der Waals surface area contributed by atoms with Gasteiger partial charge >= 0.3 is 6.03 Å². The van der Waals surface area contributed by atoms with Crippen molar-refractivity contribution in [3.05, 3.63) is 0 Å². The minimum absolute atomic E-state index is 0.00847.